The van der Waals surface area contributed by atoms with Gasteiger partial charge in [0.1, 0.15) is 12.4 Å². The number of imidazole rings is 1. The highest BCUT2D eigenvalue weighted by molar-refractivity contribution is 7.07. The summed E-state index contributed by atoms with van der Waals surface area (Å²) in [5.74, 6) is 1.39. The maximum Gasteiger partial charge on any atom is 0.248 e. The maximum atomic E-state index is 12.0. The zero-order valence-corrected chi connectivity index (χ0v) is 13.5. The van der Waals surface area contributed by atoms with Crippen LogP contribution in [-0.4, -0.2) is 52.1 Å². The molecule has 0 spiro atoms. The van der Waals surface area contributed by atoms with Gasteiger partial charge in [0.15, 0.2) is 0 Å². The van der Waals surface area contributed by atoms with Gasteiger partial charge in [-0.1, -0.05) is 0 Å². The van der Waals surface area contributed by atoms with E-state index in [0.717, 1.165) is 44.0 Å². The minimum absolute atomic E-state index is 0.0600. The molecule has 0 radical (unpaired) electrons. The highest BCUT2D eigenvalue weighted by Crippen LogP contribution is 2.26. The Morgan fingerprint density at radius 2 is 2.41 bits per heavy atom. The first kappa shape index (κ1) is 15.2. The molecule has 0 bridgehead atoms. The second-order valence-electron chi connectivity index (χ2n) is 5.51. The van der Waals surface area contributed by atoms with Crippen LogP contribution in [0.3, 0.4) is 0 Å². The second kappa shape index (κ2) is 7.02. The average molecular weight is 320 g/mol. The van der Waals surface area contributed by atoms with Crippen molar-refractivity contribution >= 4 is 17.2 Å². The Bertz CT molecular complexity index is 611. The summed E-state index contributed by atoms with van der Waals surface area (Å²) in [6, 6.07) is 0. The third kappa shape index (κ3) is 3.36. The molecule has 7 heteroatoms. The Morgan fingerprint density at radius 1 is 1.50 bits per heavy atom. The lowest BCUT2D eigenvalue weighted by atomic mass is 9.97. The van der Waals surface area contributed by atoms with E-state index in [0.29, 0.717) is 0 Å². The van der Waals surface area contributed by atoms with E-state index in [9.17, 15) is 4.79 Å². The summed E-state index contributed by atoms with van der Waals surface area (Å²) >= 11 is 1.60. The van der Waals surface area contributed by atoms with Gasteiger partial charge in [-0.05, 0) is 12.8 Å². The third-order valence-electron chi connectivity index (χ3n) is 3.97. The van der Waals surface area contributed by atoms with E-state index in [-0.39, 0.29) is 18.4 Å². The predicted molar refractivity (Wildman–Crippen MR) is 83.9 cm³/mol. The molecule has 1 aliphatic rings. The fraction of sp³-hybridized carbons (Fsp3) is 0.533. The van der Waals surface area contributed by atoms with Crippen LogP contribution in [0.15, 0.2) is 23.3 Å². The molecule has 1 atom stereocenters. The minimum Gasteiger partial charge on any atom is -0.375 e. The molecule has 0 aromatic carbocycles. The van der Waals surface area contributed by atoms with Gasteiger partial charge in [-0.15, -0.1) is 11.3 Å². The molecule has 2 aromatic heterocycles. The van der Waals surface area contributed by atoms with Gasteiger partial charge < -0.3 is 14.2 Å². The fourth-order valence-electron chi connectivity index (χ4n) is 2.93. The molecule has 1 fully saturated rings. The van der Waals surface area contributed by atoms with E-state index < -0.39 is 0 Å². The highest BCUT2D eigenvalue weighted by atomic mass is 32.1. The number of thiazole rings is 1. The van der Waals surface area contributed by atoms with E-state index in [4.69, 9.17) is 4.74 Å². The Balaban J connectivity index is 1.71. The Morgan fingerprint density at radius 3 is 3.18 bits per heavy atom. The number of hydrogen-bond acceptors (Lipinski definition) is 5. The van der Waals surface area contributed by atoms with Crippen LogP contribution in [-0.2, 0) is 16.1 Å². The Labute approximate surface area is 133 Å². The summed E-state index contributed by atoms with van der Waals surface area (Å²) in [7, 11) is 1.56. The molecule has 6 nitrogen and oxygen atoms in total. The largest absolute Gasteiger partial charge is 0.375 e. The summed E-state index contributed by atoms with van der Waals surface area (Å²) in [6.07, 6.45) is 5.89. The third-order valence-corrected chi connectivity index (χ3v) is 4.61. The van der Waals surface area contributed by atoms with Crippen LogP contribution in [0.2, 0.25) is 0 Å². The number of nitrogens with zero attached hydrogens (tertiary/aromatic N) is 4. The van der Waals surface area contributed by atoms with Crippen LogP contribution in [0.1, 0.15) is 30.3 Å². The van der Waals surface area contributed by atoms with Crippen LogP contribution in [0.25, 0.3) is 0 Å². The summed E-state index contributed by atoms with van der Waals surface area (Å²) in [5.41, 5.74) is 2.89. The Kier molecular flexibility index (Phi) is 4.84. The number of hydrogen-bond donors (Lipinski definition) is 0. The van der Waals surface area contributed by atoms with E-state index in [2.05, 4.69) is 19.9 Å². The van der Waals surface area contributed by atoms with Gasteiger partial charge >= 0.3 is 0 Å². The van der Waals surface area contributed by atoms with Crippen molar-refractivity contribution < 1.29 is 9.53 Å². The molecule has 22 heavy (non-hydrogen) atoms. The van der Waals surface area contributed by atoms with Gasteiger partial charge in [0.2, 0.25) is 5.91 Å². The van der Waals surface area contributed by atoms with Gasteiger partial charge in [-0.25, -0.2) is 9.97 Å². The van der Waals surface area contributed by atoms with Crippen LogP contribution in [0.5, 0.6) is 0 Å². The van der Waals surface area contributed by atoms with Crippen molar-refractivity contribution in [3.8, 4) is 0 Å². The van der Waals surface area contributed by atoms with Crippen LogP contribution in [0, 0.1) is 0 Å². The summed E-state index contributed by atoms with van der Waals surface area (Å²) in [6.45, 7) is 2.42. The van der Waals surface area contributed by atoms with Crippen molar-refractivity contribution in [2.45, 2.75) is 25.3 Å². The molecule has 1 saturated heterocycles. The monoisotopic (exact) mass is 320 g/mol. The van der Waals surface area contributed by atoms with E-state index in [1.165, 1.54) is 0 Å². The van der Waals surface area contributed by atoms with Crippen molar-refractivity contribution in [1.29, 1.82) is 0 Å². The standard InChI is InChI=1S/C15H20N4O2S/c1-21-9-14(20)18-5-2-3-12(7-18)15-16-4-6-19(15)8-13-10-22-11-17-13/h4,6,10-12H,2-3,5,7-9H2,1H3. The molecular weight excluding hydrogens is 300 g/mol. The van der Waals surface area contributed by atoms with Crippen LogP contribution >= 0.6 is 11.3 Å². The first-order valence-electron chi connectivity index (χ1n) is 7.42. The summed E-state index contributed by atoms with van der Waals surface area (Å²) in [5, 5.41) is 2.05. The van der Waals surface area contributed by atoms with Gasteiger partial charge in [-0.2, -0.15) is 0 Å². The van der Waals surface area contributed by atoms with Crippen LogP contribution in [0.4, 0.5) is 0 Å². The molecule has 0 aliphatic carbocycles. The molecule has 0 saturated carbocycles. The van der Waals surface area contributed by atoms with E-state index >= 15 is 0 Å². The number of ether oxygens (including phenoxy) is 1. The molecule has 3 rings (SSSR count). The molecule has 1 unspecified atom stereocenters. The smallest absolute Gasteiger partial charge is 0.248 e. The lowest BCUT2D eigenvalue weighted by Gasteiger charge is -2.32. The summed E-state index contributed by atoms with van der Waals surface area (Å²) < 4.78 is 7.10. The molecule has 2 aromatic rings. The fourth-order valence-corrected chi connectivity index (χ4v) is 3.48. The number of piperidine rings is 1. The maximum absolute atomic E-state index is 12.0. The van der Waals surface area contributed by atoms with Crippen molar-refractivity contribution in [1.82, 2.24) is 19.4 Å². The van der Waals surface area contributed by atoms with E-state index in [1.807, 2.05) is 22.8 Å². The van der Waals surface area contributed by atoms with Crippen LogP contribution < -0.4 is 0 Å². The molecule has 1 aliphatic heterocycles. The van der Waals surface area contributed by atoms with Crippen molar-refractivity contribution in [2.24, 2.45) is 0 Å². The zero-order chi connectivity index (χ0) is 15.4. The van der Waals surface area contributed by atoms with Crippen molar-refractivity contribution in [3.05, 3.63) is 34.8 Å². The van der Waals surface area contributed by atoms with E-state index in [1.54, 1.807) is 18.4 Å². The molecular formula is C15H20N4O2S. The first-order chi connectivity index (χ1) is 10.8. The van der Waals surface area contributed by atoms with Crippen molar-refractivity contribution in [2.75, 3.05) is 26.8 Å². The number of methoxy groups -OCH3 is 1. The molecule has 3 heterocycles. The molecule has 1 amide bonds. The second-order valence-corrected chi connectivity index (χ2v) is 6.22. The first-order valence-corrected chi connectivity index (χ1v) is 8.37. The number of likely N-dealkylation sites (tertiary alicyclic amines) is 1. The Hall–Kier alpha value is -1.73. The topological polar surface area (TPSA) is 60.2 Å². The van der Waals surface area contributed by atoms with Crippen molar-refractivity contribution in [3.63, 3.8) is 0 Å². The van der Waals surface area contributed by atoms with Gasteiger partial charge in [-0.3, -0.25) is 4.79 Å². The van der Waals surface area contributed by atoms with Gasteiger partial charge in [0.25, 0.3) is 0 Å². The highest BCUT2D eigenvalue weighted by Gasteiger charge is 2.27. The molecule has 0 N–H and O–H groups in total. The predicted octanol–water partition coefficient (Wildman–Crippen LogP) is 1.74. The number of carbonyl (C=O) groups is 1. The molecule has 118 valence electrons. The average Bonchev–Trinajstić information content (AvgIpc) is 3.20. The normalized spacial score (nSPS) is 18.6. The van der Waals surface area contributed by atoms with Gasteiger partial charge in [0, 0.05) is 43.9 Å². The number of amides is 1. The number of aromatic nitrogens is 3. The lowest BCUT2D eigenvalue weighted by Crippen LogP contribution is -2.41. The minimum atomic E-state index is 0.0600. The quantitative estimate of drug-likeness (QED) is 0.842. The number of carbonyl (C=O) groups excluding carboxylic acids is 1. The zero-order valence-electron chi connectivity index (χ0n) is 12.6. The summed E-state index contributed by atoms with van der Waals surface area (Å²) in [4.78, 5) is 22.8. The number of rotatable bonds is 5. The van der Waals surface area contributed by atoms with Gasteiger partial charge in [0.05, 0.1) is 17.7 Å². The SMILES string of the molecule is COCC(=O)N1CCCC(c2nccn2Cc2cscn2)C1. The lowest BCUT2D eigenvalue weighted by molar-refractivity contribution is -0.136.